The lowest BCUT2D eigenvalue weighted by molar-refractivity contribution is 0.215. The molecule has 0 atom stereocenters. The first-order valence-electron chi connectivity index (χ1n) is 4.46. The van der Waals surface area contributed by atoms with Crippen LogP contribution in [0.5, 0.6) is 0 Å². The summed E-state index contributed by atoms with van der Waals surface area (Å²) in [6.07, 6.45) is 3.64. The first kappa shape index (κ1) is 9.51. The molecule has 2 heterocycles. The Kier molecular flexibility index (Phi) is 2.72. The number of amides is 2. The molecule has 0 bridgehead atoms. The van der Waals surface area contributed by atoms with Crippen LogP contribution in [-0.2, 0) is 6.54 Å². The van der Waals surface area contributed by atoms with E-state index >= 15 is 0 Å². The Morgan fingerprint density at radius 1 is 1.57 bits per heavy atom. The van der Waals surface area contributed by atoms with Crippen molar-refractivity contribution in [2.45, 2.75) is 6.54 Å². The van der Waals surface area contributed by atoms with Crippen LogP contribution in [-0.4, -0.2) is 40.3 Å². The average molecular weight is 259 g/mol. The molecule has 0 saturated carbocycles. The van der Waals surface area contributed by atoms with Gasteiger partial charge in [0, 0.05) is 25.8 Å². The number of carbonyl (C=O) groups is 1. The molecule has 0 radical (unpaired) electrons. The lowest BCUT2D eigenvalue weighted by Crippen LogP contribution is -2.31. The van der Waals surface area contributed by atoms with E-state index in [0.29, 0.717) is 6.54 Å². The van der Waals surface area contributed by atoms with Crippen molar-refractivity contribution in [3.8, 4) is 0 Å². The fourth-order valence-electron chi connectivity index (χ4n) is 1.41. The third-order valence-corrected chi connectivity index (χ3v) is 2.56. The van der Waals surface area contributed by atoms with E-state index in [1.807, 2.05) is 10.9 Å². The molecule has 0 unspecified atom stereocenters. The van der Waals surface area contributed by atoms with Gasteiger partial charge in [0.05, 0.1) is 17.2 Å². The molecule has 2 amide bonds. The van der Waals surface area contributed by atoms with E-state index in [4.69, 9.17) is 0 Å². The molecule has 0 aliphatic carbocycles. The molecule has 1 aromatic heterocycles. The van der Waals surface area contributed by atoms with Crippen LogP contribution in [0.1, 0.15) is 0 Å². The van der Waals surface area contributed by atoms with Crippen molar-refractivity contribution >= 4 is 22.0 Å². The number of hydrogen-bond donors (Lipinski definition) is 1. The second-order valence-corrected chi connectivity index (χ2v) is 4.06. The van der Waals surface area contributed by atoms with E-state index in [-0.39, 0.29) is 6.03 Å². The SMILES string of the molecule is O=C1NCCN1CCn1cc(Br)cn1. The van der Waals surface area contributed by atoms with Gasteiger partial charge in [0.2, 0.25) is 0 Å². The van der Waals surface area contributed by atoms with Gasteiger partial charge in [0.1, 0.15) is 0 Å². The summed E-state index contributed by atoms with van der Waals surface area (Å²) in [6, 6.07) is 0.0243. The zero-order valence-corrected chi connectivity index (χ0v) is 9.20. The highest BCUT2D eigenvalue weighted by atomic mass is 79.9. The highest BCUT2D eigenvalue weighted by molar-refractivity contribution is 9.10. The highest BCUT2D eigenvalue weighted by Crippen LogP contribution is 2.06. The maximum absolute atomic E-state index is 11.2. The summed E-state index contributed by atoms with van der Waals surface area (Å²) in [5.41, 5.74) is 0. The Labute approximate surface area is 90.2 Å². The molecule has 14 heavy (non-hydrogen) atoms. The topological polar surface area (TPSA) is 50.2 Å². The van der Waals surface area contributed by atoms with Crippen LogP contribution >= 0.6 is 15.9 Å². The first-order chi connectivity index (χ1) is 6.75. The predicted octanol–water partition coefficient (Wildman–Crippen LogP) is 0.671. The number of aromatic nitrogens is 2. The molecule has 0 aromatic carbocycles. The zero-order chi connectivity index (χ0) is 9.97. The minimum atomic E-state index is 0.0243. The summed E-state index contributed by atoms with van der Waals surface area (Å²) in [4.78, 5) is 13.0. The molecular weight excluding hydrogens is 248 g/mol. The monoisotopic (exact) mass is 258 g/mol. The quantitative estimate of drug-likeness (QED) is 0.867. The van der Waals surface area contributed by atoms with Crippen LogP contribution in [0.3, 0.4) is 0 Å². The van der Waals surface area contributed by atoms with Gasteiger partial charge in [-0.25, -0.2) is 4.79 Å². The van der Waals surface area contributed by atoms with Gasteiger partial charge in [0.15, 0.2) is 0 Å². The molecule has 1 N–H and O–H groups in total. The van der Waals surface area contributed by atoms with Gasteiger partial charge < -0.3 is 10.2 Å². The Hall–Kier alpha value is -1.04. The highest BCUT2D eigenvalue weighted by Gasteiger charge is 2.18. The zero-order valence-electron chi connectivity index (χ0n) is 7.61. The number of halogens is 1. The van der Waals surface area contributed by atoms with Crippen molar-refractivity contribution < 1.29 is 4.79 Å². The number of nitrogens with zero attached hydrogens (tertiary/aromatic N) is 3. The summed E-state index contributed by atoms with van der Waals surface area (Å²) >= 11 is 3.32. The van der Waals surface area contributed by atoms with E-state index in [9.17, 15) is 4.79 Å². The van der Waals surface area contributed by atoms with Crippen LogP contribution in [0.25, 0.3) is 0 Å². The molecule has 6 heteroatoms. The van der Waals surface area contributed by atoms with Gasteiger partial charge in [-0.15, -0.1) is 0 Å². The summed E-state index contributed by atoms with van der Waals surface area (Å²) in [6.45, 7) is 2.99. The van der Waals surface area contributed by atoms with Crippen LogP contribution in [0.4, 0.5) is 4.79 Å². The fourth-order valence-corrected chi connectivity index (χ4v) is 1.74. The van der Waals surface area contributed by atoms with Crippen molar-refractivity contribution in [2.24, 2.45) is 0 Å². The third-order valence-electron chi connectivity index (χ3n) is 2.15. The van der Waals surface area contributed by atoms with Crippen molar-refractivity contribution in [3.63, 3.8) is 0 Å². The van der Waals surface area contributed by atoms with Gasteiger partial charge in [-0.2, -0.15) is 5.10 Å². The van der Waals surface area contributed by atoms with Crippen molar-refractivity contribution in [2.75, 3.05) is 19.6 Å². The molecule has 2 rings (SSSR count). The van der Waals surface area contributed by atoms with Gasteiger partial charge in [-0.1, -0.05) is 0 Å². The van der Waals surface area contributed by atoms with Crippen molar-refractivity contribution in [3.05, 3.63) is 16.9 Å². The number of hydrogen-bond acceptors (Lipinski definition) is 2. The second kappa shape index (κ2) is 4.00. The van der Waals surface area contributed by atoms with E-state index in [1.165, 1.54) is 0 Å². The van der Waals surface area contributed by atoms with Gasteiger partial charge >= 0.3 is 6.03 Å². The first-order valence-corrected chi connectivity index (χ1v) is 5.26. The molecule has 76 valence electrons. The normalized spacial score (nSPS) is 16.1. The van der Waals surface area contributed by atoms with Crippen LogP contribution < -0.4 is 5.32 Å². The molecule has 0 spiro atoms. The maximum Gasteiger partial charge on any atom is 0.317 e. The van der Waals surface area contributed by atoms with Crippen molar-refractivity contribution in [1.82, 2.24) is 20.0 Å². The minimum absolute atomic E-state index is 0.0243. The average Bonchev–Trinajstić information content (AvgIpc) is 2.72. The molecule has 1 saturated heterocycles. The van der Waals surface area contributed by atoms with Gasteiger partial charge in [0.25, 0.3) is 0 Å². The van der Waals surface area contributed by atoms with Crippen LogP contribution in [0, 0.1) is 0 Å². The molecule has 1 aliphatic heterocycles. The van der Waals surface area contributed by atoms with Crippen molar-refractivity contribution in [1.29, 1.82) is 0 Å². The van der Waals surface area contributed by atoms with Crippen LogP contribution in [0.2, 0.25) is 0 Å². The molecular formula is C8H11BrN4O. The van der Waals surface area contributed by atoms with Crippen LogP contribution in [0.15, 0.2) is 16.9 Å². The smallest absolute Gasteiger partial charge is 0.317 e. The number of nitrogens with one attached hydrogen (secondary N) is 1. The molecule has 1 aliphatic rings. The van der Waals surface area contributed by atoms with Gasteiger partial charge in [-0.05, 0) is 15.9 Å². The Morgan fingerprint density at radius 3 is 3.00 bits per heavy atom. The van der Waals surface area contributed by atoms with Gasteiger partial charge in [-0.3, -0.25) is 4.68 Å². The lowest BCUT2D eigenvalue weighted by atomic mass is 10.5. The second-order valence-electron chi connectivity index (χ2n) is 3.14. The standard InChI is InChI=1S/C8H11BrN4O/c9-7-5-11-13(6-7)4-3-12-2-1-10-8(12)14/h5-6H,1-4H2,(H,10,14). The summed E-state index contributed by atoms with van der Waals surface area (Å²) in [7, 11) is 0. The Morgan fingerprint density at radius 2 is 2.43 bits per heavy atom. The summed E-state index contributed by atoms with van der Waals surface area (Å²) in [5.74, 6) is 0. The summed E-state index contributed by atoms with van der Waals surface area (Å²) < 4.78 is 2.78. The third kappa shape index (κ3) is 2.06. The fraction of sp³-hybridized carbons (Fsp3) is 0.500. The number of rotatable bonds is 3. The number of urea groups is 1. The molecule has 5 nitrogen and oxygen atoms in total. The number of carbonyl (C=O) groups excluding carboxylic acids is 1. The predicted molar refractivity (Wildman–Crippen MR) is 54.9 cm³/mol. The van der Waals surface area contributed by atoms with E-state index in [2.05, 4.69) is 26.3 Å². The largest absolute Gasteiger partial charge is 0.336 e. The van der Waals surface area contributed by atoms with E-state index in [1.54, 1.807) is 11.1 Å². The Balaban J connectivity index is 1.85. The van der Waals surface area contributed by atoms with E-state index < -0.39 is 0 Å². The maximum atomic E-state index is 11.2. The summed E-state index contributed by atoms with van der Waals surface area (Å²) in [5, 5.41) is 6.87. The Bertz CT molecular complexity index is 338. The van der Waals surface area contributed by atoms with E-state index in [0.717, 1.165) is 24.1 Å². The lowest BCUT2D eigenvalue weighted by Gasteiger charge is -2.13. The molecule has 1 aromatic rings. The molecule has 1 fully saturated rings. The minimum Gasteiger partial charge on any atom is -0.336 e.